The number of hydrogen-bond donors (Lipinski definition) is 0. The van der Waals surface area contributed by atoms with Crippen molar-refractivity contribution in [3.8, 4) is 0 Å². The van der Waals surface area contributed by atoms with E-state index in [4.69, 9.17) is 17.0 Å². The average Bonchev–Trinajstić information content (AvgIpc) is 1.99. The van der Waals surface area contributed by atoms with Crippen molar-refractivity contribution in [2.45, 2.75) is 33.6 Å². The van der Waals surface area contributed by atoms with E-state index >= 15 is 0 Å². The molecule has 0 rings (SSSR count). The van der Waals surface area contributed by atoms with Crippen molar-refractivity contribution in [3.05, 3.63) is 0 Å². The van der Waals surface area contributed by atoms with Gasteiger partial charge in [-0.3, -0.25) is 4.79 Å². The highest BCUT2D eigenvalue weighted by Crippen LogP contribution is 2.11. The van der Waals surface area contributed by atoms with Gasteiger partial charge in [-0.25, -0.2) is 0 Å². The lowest BCUT2D eigenvalue weighted by atomic mass is 10.0. The van der Waals surface area contributed by atoms with Crippen LogP contribution >= 0.6 is 12.2 Å². The van der Waals surface area contributed by atoms with Crippen molar-refractivity contribution in [3.63, 3.8) is 0 Å². The Kier molecular flexibility index (Phi) is 5.89. The molecule has 0 aromatic rings. The molecule has 0 amide bonds. The van der Waals surface area contributed by atoms with E-state index in [-0.39, 0.29) is 11.7 Å². The van der Waals surface area contributed by atoms with E-state index in [1.54, 1.807) is 6.92 Å². The van der Waals surface area contributed by atoms with E-state index < -0.39 is 0 Å². The molecule has 0 saturated heterocycles. The fourth-order valence-electron chi connectivity index (χ4n) is 1.02. The minimum atomic E-state index is -0.176. The molecule has 0 aliphatic rings. The minimum absolute atomic E-state index is 0.107. The third-order valence-electron chi connectivity index (χ3n) is 1.64. The van der Waals surface area contributed by atoms with Gasteiger partial charge in [-0.15, -0.1) is 0 Å². The molecule has 1 atom stereocenters. The van der Waals surface area contributed by atoms with Crippen LogP contribution in [0.5, 0.6) is 0 Å². The van der Waals surface area contributed by atoms with Gasteiger partial charge in [-0.1, -0.05) is 13.3 Å². The number of hydrogen-bond acceptors (Lipinski definition) is 3. The first kappa shape index (κ1) is 11.6. The van der Waals surface area contributed by atoms with Gasteiger partial charge in [0.15, 0.2) is 5.05 Å². The molecule has 0 aliphatic carbocycles. The lowest BCUT2D eigenvalue weighted by Crippen LogP contribution is -2.22. The van der Waals surface area contributed by atoms with Crippen molar-refractivity contribution in [1.29, 1.82) is 0 Å². The summed E-state index contributed by atoms with van der Waals surface area (Å²) in [6, 6.07) is 0. The molecular formula is C9H16O2S. The standard InChI is InChI=1S/C9H16O2S/c1-4-6-8(7(3)10)9(12)11-5-2/h8H,4-6H2,1-3H3. The zero-order valence-electron chi connectivity index (χ0n) is 7.92. The van der Waals surface area contributed by atoms with Crippen LogP contribution in [0.15, 0.2) is 0 Å². The number of rotatable bonds is 5. The summed E-state index contributed by atoms with van der Waals surface area (Å²) in [7, 11) is 0. The molecule has 0 fully saturated rings. The predicted octanol–water partition coefficient (Wildman–Crippen LogP) is 2.36. The summed E-state index contributed by atoms with van der Waals surface area (Å²) in [4.78, 5) is 11.1. The lowest BCUT2D eigenvalue weighted by Gasteiger charge is -2.13. The zero-order chi connectivity index (χ0) is 9.56. The van der Waals surface area contributed by atoms with Gasteiger partial charge in [0.2, 0.25) is 0 Å². The van der Waals surface area contributed by atoms with Crippen LogP contribution in [0.3, 0.4) is 0 Å². The van der Waals surface area contributed by atoms with E-state index in [1.807, 2.05) is 13.8 Å². The van der Waals surface area contributed by atoms with Crippen LogP contribution in [-0.4, -0.2) is 17.4 Å². The third-order valence-corrected chi connectivity index (χ3v) is 2.04. The van der Waals surface area contributed by atoms with Crippen LogP contribution in [-0.2, 0) is 9.53 Å². The topological polar surface area (TPSA) is 26.3 Å². The van der Waals surface area contributed by atoms with Crippen LogP contribution in [0, 0.1) is 5.92 Å². The van der Waals surface area contributed by atoms with Crippen molar-refractivity contribution in [1.82, 2.24) is 0 Å². The van der Waals surface area contributed by atoms with Gasteiger partial charge in [0.1, 0.15) is 5.78 Å². The number of thiocarbonyl (C=S) groups is 1. The van der Waals surface area contributed by atoms with Gasteiger partial charge in [0.05, 0.1) is 12.5 Å². The van der Waals surface area contributed by atoms with Crippen LogP contribution in [0.25, 0.3) is 0 Å². The maximum absolute atomic E-state index is 11.1. The largest absolute Gasteiger partial charge is 0.487 e. The highest BCUT2D eigenvalue weighted by atomic mass is 32.1. The first-order valence-electron chi connectivity index (χ1n) is 4.30. The Morgan fingerprint density at radius 3 is 2.42 bits per heavy atom. The summed E-state index contributed by atoms with van der Waals surface area (Å²) >= 11 is 4.97. The van der Waals surface area contributed by atoms with Crippen molar-refractivity contribution in [2.24, 2.45) is 5.92 Å². The smallest absolute Gasteiger partial charge is 0.170 e. The molecule has 70 valence electrons. The SMILES string of the molecule is CCCC(C(C)=O)C(=S)OCC. The molecule has 0 spiro atoms. The Morgan fingerprint density at radius 1 is 1.50 bits per heavy atom. The highest BCUT2D eigenvalue weighted by molar-refractivity contribution is 7.80. The number of ketones is 1. The number of Topliss-reactive ketones (excluding diaryl/α,β-unsaturated/α-hetero) is 1. The third kappa shape index (κ3) is 3.81. The zero-order valence-corrected chi connectivity index (χ0v) is 8.74. The van der Waals surface area contributed by atoms with Crippen LogP contribution < -0.4 is 0 Å². The number of carbonyl (C=O) groups excluding carboxylic acids is 1. The Balaban J connectivity index is 4.09. The van der Waals surface area contributed by atoms with Gasteiger partial charge in [0.25, 0.3) is 0 Å². The Morgan fingerprint density at radius 2 is 2.08 bits per heavy atom. The Labute approximate surface area is 79.3 Å². The van der Waals surface area contributed by atoms with E-state index in [9.17, 15) is 4.79 Å². The van der Waals surface area contributed by atoms with Crippen LogP contribution in [0.4, 0.5) is 0 Å². The molecule has 0 saturated carbocycles. The molecule has 0 aliphatic heterocycles. The maximum Gasteiger partial charge on any atom is 0.170 e. The van der Waals surface area contributed by atoms with Crippen molar-refractivity contribution >= 4 is 23.1 Å². The molecule has 0 aromatic heterocycles. The monoisotopic (exact) mass is 188 g/mol. The number of ether oxygens (including phenoxy) is 1. The van der Waals surface area contributed by atoms with Gasteiger partial charge >= 0.3 is 0 Å². The lowest BCUT2D eigenvalue weighted by molar-refractivity contribution is -0.119. The van der Waals surface area contributed by atoms with Crippen molar-refractivity contribution in [2.75, 3.05) is 6.61 Å². The quantitative estimate of drug-likeness (QED) is 0.619. The van der Waals surface area contributed by atoms with Crippen molar-refractivity contribution < 1.29 is 9.53 Å². The van der Waals surface area contributed by atoms with Gasteiger partial charge in [-0.05, 0) is 32.5 Å². The molecule has 0 aromatic carbocycles. The fraction of sp³-hybridized carbons (Fsp3) is 0.778. The highest BCUT2D eigenvalue weighted by Gasteiger charge is 2.19. The van der Waals surface area contributed by atoms with E-state index in [1.165, 1.54) is 0 Å². The summed E-state index contributed by atoms with van der Waals surface area (Å²) in [6.07, 6.45) is 1.76. The fourth-order valence-corrected chi connectivity index (χ4v) is 1.42. The molecule has 2 nitrogen and oxygen atoms in total. The Bertz CT molecular complexity index is 166. The summed E-state index contributed by atoms with van der Waals surface area (Å²) in [6.45, 7) is 6.01. The normalized spacial score (nSPS) is 12.2. The van der Waals surface area contributed by atoms with E-state index in [2.05, 4.69) is 0 Å². The molecule has 0 radical (unpaired) electrons. The molecule has 0 heterocycles. The molecular weight excluding hydrogens is 172 g/mol. The van der Waals surface area contributed by atoms with Crippen LogP contribution in [0.1, 0.15) is 33.6 Å². The van der Waals surface area contributed by atoms with E-state index in [0.29, 0.717) is 11.7 Å². The second-order valence-electron chi connectivity index (χ2n) is 2.70. The van der Waals surface area contributed by atoms with Gasteiger partial charge in [-0.2, -0.15) is 0 Å². The summed E-state index contributed by atoms with van der Waals surface area (Å²) in [5, 5.41) is 0.451. The number of carbonyl (C=O) groups is 1. The summed E-state index contributed by atoms with van der Waals surface area (Å²) in [5.41, 5.74) is 0. The first-order valence-corrected chi connectivity index (χ1v) is 4.71. The Hall–Kier alpha value is -0.440. The second-order valence-corrected chi connectivity index (χ2v) is 3.11. The van der Waals surface area contributed by atoms with Gasteiger partial charge in [0, 0.05) is 0 Å². The van der Waals surface area contributed by atoms with Gasteiger partial charge < -0.3 is 4.74 Å². The molecule has 0 N–H and O–H groups in total. The van der Waals surface area contributed by atoms with Crippen LogP contribution in [0.2, 0.25) is 0 Å². The summed E-state index contributed by atoms with van der Waals surface area (Å²) < 4.78 is 5.13. The molecule has 12 heavy (non-hydrogen) atoms. The molecule has 3 heteroatoms. The summed E-state index contributed by atoms with van der Waals surface area (Å²) in [5.74, 6) is -0.0692. The first-order chi connectivity index (χ1) is 5.63. The average molecular weight is 188 g/mol. The minimum Gasteiger partial charge on any atom is -0.487 e. The predicted molar refractivity (Wildman–Crippen MR) is 53.3 cm³/mol. The maximum atomic E-state index is 11.1. The molecule has 0 bridgehead atoms. The van der Waals surface area contributed by atoms with E-state index in [0.717, 1.165) is 12.8 Å². The molecule has 1 unspecified atom stereocenters. The second kappa shape index (κ2) is 6.12.